The van der Waals surface area contributed by atoms with Gasteiger partial charge in [-0.2, -0.15) is 0 Å². The molecule has 0 saturated heterocycles. The molecular weight excluding hydrogens is 393 g/mol. The SMILES string of the molecule is CCCCCC1CCC(c2ccc(-c3ccc(C(F)(F)CCCC)c(F)c3)cc2)CC1. The van der Waals surface area contributed by atoms with Gasteiger partial charge in [-0.05, 0) is 72.8 Å². The monoisotopic (exact) mass is 430 g/mol. The number of halogens is 3. The lowest BCUT2D eigenvalue weighted by atomic mass is 9.77. The summed E-state index contributed by atoms with van der Waals surface area (Å²) in [6.07, 6.45) is 11.2. The zero-order valence-electron chi connectivity index (χ0n) is 19.1. The summed E-state index contributed by atoms with van der Waals surface area (Å²) in [7, 11) is 0. The van der Waals surface area contributed by atoms with E-state index in [4.69, 9.17) is 0 Å². The van der Waals surface area contributed by atoms with Gasteiger partial charge in [-0.15, -0.1) is 0 Å². The van der Waals surface area contributed by atoms with Crippen LogP contribution >= 0.6 is 0 Å². The average Bonchev–Trinajstić information content (AvgIpc) is 2.78. The first-order valence-corrected chi connectivity index (χ1v) is 12.2. The molecule has 0 atom stereocenters. The minimum atomic E-state index is -3.11. The highest BCUT2D eigenvalue weighted by Gasteiger charge is 2.33. The Morgan fingerprint density at radius 1 is 0.806 bits per heavy atom. The van der Waals surface area contributed by atoms with Gasteiger partial charge in [0.1, 0.15) is 5.82 Å². The van der Waals surface area contributed by atoms with Crippen LogP contribution in [0.2, 0.25) is 0 Å². The molecule has 3 rings (SSSR count). The molecule has 0 aliphatic heterocycles. The third-order valence-corrected chi connectivity index (χ3v) is 6.99. The summed E-state index contributed by atoms with van der Waals surface area (Å²) in [6.45, 7) is 4.12. The molecule has 0 spiro atoms. The molecule has 0 radical (unpaired) electrons. The van der Waals surface area contributed by atoms with Gasteiger partial charge in [-0.1, -0.05) is 76.3 Å². The van der Waals surface area contributed by atoms with Gasteiger partial charge in [0, 0.05) is 6.42 Å². The topological polar surface area (TPSA) is 0 Å². The summed E-state index contributed by atoms with van der Waals surface area (Å²) >= 11 is 0. The molecule has 0 N–H and O–H groups in total. The van der Waals surface area contributed by atoms with Crippen molar-refractivity contribution in [3.05, 3.63) is 59.4 Å². The van der Waals surface area contributed by atoms with Crippen LogP contribution in [0.5, 0.6) is 0 Å². The fourth-order valence-electron chi connectivity index (χ4n) is 4.94. The first-order chi connectivity index (χ1) is 14.9. The zero-order chi connectivity index (χ0) is 22.3. The average molecular weight is 431 g/mol. The van der Waals surface area contributed by atoms with E-state index in [1.54, 1.807) is 6.07 Å². The molecule has 0 aromatic heterocycles. The zero-order valence-corrected chi connectivity index (χ0v) is 19.1. The molecule has 0 unspecified atom stereocenters. The normalized spacial score (nSPS) is 19.5. The summed E-state index contributed by atoms with van der Waals surface area (Å²) in [5.41, 5.74) is 2.38. The van der Waals surface area contributed by atoms with Crippen molar-refractivity contribution >= 4 is 0 Å². The standard InChI is InChI=1S/C28H37F3/c1-3-5-7-8-21-9-11-22(12-10-21)23-13-15-24(16-14-23)25-17-18-26(27(29)20-25)28(30,31)19-6-4-2/h13-18,20-22H,3-12,19H2,1-2H3. The Kier molecular flexibility index (Phi) is 8.63. The van der Waals surface area contributed by atoms with Gasteiger partial charge >= 0.3 is 0 Å². The second-order valence-corrected chi connectivity index (χ2v) is 9.34. The minimum Gasteiger partial charge on any atom is -0.206 e. The van der Waals surface area contributed by atoms with Crippen molar-refractivity contribution in [1.29, 1.82) is 0 Å². The van der Waals surface area contributed by atoms with Crippen LogP contribution in [0.15, 0.2) is 42.5 Å². The first kappa shape index (κ1) is 23.9. The van der Waals surface area contributed by atoms with Crippen molar-refractivity contribution in [2.24, 2.45) is 5.92 Å². The molecule has 2 aromatic carbocycles. The van der Waals surface area contributed by atoms with Gasteiger partial charge in [0.2, 0.25) is 0 Å². The first-order valence-electron chi connectivity index (χ1n) is 12.2. The lowest BCUT2D eigenvalue weighted by Gasteiger charge is -2.29. The maximum absolute atomic E-state index is 14.5. The third-order valence-electron chi connectivity index (χ3n) is 6.99. The lowest BCUT2D eigenvalue weighted by Crippen LogP contribution is -2.15. The fourth-order valence-corrected chi connectivity index (χ4v) is 4.94. The number of hydrogen-bond acceptors (Lipinski definition) is 0. The van der Waals surface area contributed by atoms with E-state index >= 15 is 0 Å². The summed E-state index contributed by atoms with van der Waals surface area (Å²) in [6, 6.07) is 12.4. The van der Waals surface area contributed by atoms with E-state index in [-0.39, 0.29) is 6.42 Å². The molecule has 3 heteroatoms. The minimum absolute atomic E-state index is 0.310. The Hall–Kier alpha value is -1.77. The Labute approximate surface area is 186 Å². The molecule has 1 aliphatic carbocycles. The van der Waals surface area contributed by atoms with Gasteiger partial charge in [0.05, 0.1) is 5.56 Å². The number of alkyl halides is 2. The van der Waals surface area contributed by atoms with E-state index in [1.165, 1.54) is 69.1 Å². The van der Waals surface area contributed by atoms with Gasteiger partial charge in [0.15, 0.2) is 0 Å². The van der Waals surface area contributed by atoms with Crippen LogP contribution in [0.1, 0.15) is 102 Å². The van der Waals surface area contributed by atoms with E-state index in [0.29, 0.717) is 24.3 Å². The Balaban J connectivity index is 1.62. The second-order valence-electron chi connectivity index (χ2n) is 9.34. The molecule has 0 heterocycles. The lowest BCUT2D eigenvalue weighted by molar-refractivity contribution is -0.0187. The van der Waals surface area contributed by atoms with E-state index in [2.05, 4.69) is 19.1 Å². The Bertz CT molecular complexity index is 802. The van der Waals surface area contributed by atoms with E-state index in [1.807, 2.05) is 19.1 Å². The maximum Gasteiger partial charge on any atom is 0.276 e. The van der Waals surface area contributed by atoms with Crippen LogP contribution in [-0.4, -0.2) is 0 Å². The van der Waals surface area contributed by atoms with Crippen LogP contribution in [0.3, 0.4) is 0 Å². The van der Waals surface area contributed by atoms with Crippen LogP contribution in [0.25, 0.3) is 11.1 Å². The van der Waals surface area contributed by atoms with Crippen molar-refractivity contribution in [3.8, 4) is 11.1 Å². The smallest absolute Gasteiger partial charge is 0.206 e. The molecule has 170 valence electrons. The van der Waals surface area contributed by atoms with Gasteiger partial charge < -0.3 is 0 Å². The summed E-state index contributed by atoms with van der Waals surface area (Å²) < 4.78 is 43.0. The molecule has 2 aromatic rings. The molecule has 0 bridgehead atoms. The highest BCUT2D eigenvalue weighted by Crippen LogP contribution is 2.39. The van der Waals surface area contributed by atoms with E-state index < -0.39 is 17.3 Å². The van der Waals surface area contributed by atoms with Crippen molar-refractivity contribution in [2.75, 3.05) is 0 Å². The number of unbranched alkanes of at least 4 members (excludes halogenated alkanes) is 3. The maximum atomic E-state index is 14.5. The number of hydrogen-bond donors (Lipinski definition) is 0. The molecule has 0 amide bonds. The Morgan fingerprint density at radius 3 is 2.06 bits per heavy atom. The molecule has 1 aliphatic rings. The van der Waals surface area contributed by atoms with Crippen molar-refractivity contribution in [3.63, 3.8) is 0 Å². The van der Waals surface area contributed by atoms with Crippen LogP contribution in [0, 0.1) is 11.7 Å². The predicted molar refractivity (Wildman–Crippen MR) is 124 cm³/mol. The second kappa shape index (κ2) is 11.2. The highest BCUT2D eigenvalue weighted by atomic mass is 19.3. The summed E-state index contributed by atoms with van der Waals surface area (Å²) in [4.78, 5) is 0. The van der Waals surface area contributed by atoms with Crippen LogP contribution < -0.4 is 0 Å². The van der Waals surface area contributed by atoms with Gasteiger partial charge in [0.25, 0.3) is 5.92 Å². The van der Waals surface area contributed by atoms with Crippen molar-refractivity contribution in [1.82, 2.24) is 0 Å². The summed E-state index contributed by atoms with van der Waals surface area (Å²) in [5, 5.41) is 0. The Morgan fingerprint density at radius 2 is 1.45 bits per heavy atom. The predicted octanol–water partition coefficient (Wildman–Crippen LogP) is 9.63. The van der Waals surface area contributed by atoms with Crippen molar-refractivity contribution < 1.29 is 13.2 Å². The van der Waals surface area contributed by atoms with Crippen LogP contribution in [0.4, 0.5) is 13.2 Å². The molecule has 0 nitrogen and oxygen atoms in total. The molecular formula is C28H37F3. The highest BCUT2D eigenvalue weighted by molar-refractivity contribution is 5.64. The largest absolute Gasteiger partial charge is 0.276 e. The molecule has 1 saturated carbocycles. The quantitative estimate of drug-likeness (QED) is 0.329. The van der Waals surface area contributed by atoms with E-state index in [0.717, 1.165) is 11.5 Å². The van der Waals surface area contributed by atoms with Crippen molar-refractivity contribution in [2.45, 2.75) is 96.3 Å². The molecule has 31 heavy (non-hydrogen) atoms. The number of rotatable bonds is 10. The summed E-state index contributed by atoms with van der Waals surface area (Å²) in [5.74, 6) is -2.44. The molecule has 1 fully saturated rings. The fraction of sp³-hybridized carbons (Fsp3) is 0.571. The van der Waals surface area contributed by atoms with E-state index in [9.17, 15) is 13.2 Å². The van der Waals surface area contributed by atoms with Crippen LogP contribution in [-0.2, 0) is 5.92 Å². The van der Waals surface area contributed by atoms with Gasteiger partial charge in [-0.25, -0.2) is 13.2 Å². The third kappa shape index (κ3) is 6.37. The number of benzene rings is 2. The van der Waals surface area contributed by atoms with Gasteiger partial charge in [-0.3, -0.25) is 0 Å².